The molecule has 1 aromatic rings. The molecule has 0 unspecified atom stereocenters. The quantitative estimate of drug-likeness (QED) is 0.768. The van der Waals surface area contributed by atoms with Crippen molar-refractivity contribution in [1.29, 1.82) is 0 Å². The molecule has 0 bridgehead atoms. The zero-order valence-corrected chi connectivity index (χ0v) is 10.1. The van der Waals surface area contributed by atoms with Gasteiger partial charge in [-0.2, -0.15) is 0 Å². The Morgan fingerprint density at radius 3 is 2.25 bits per heavy atom. The first-order valence-electron chi connectivity index (χ1n) is 5.29. The van der Waals surface area contributed by atoms with Crippen molar-refractivity contribution in [3.63, 3.8) is 0 Å². The van der Waals surface area contributed by atoms with Crippen LogP contribution in [0.4, 0.5) is 0 Å². The van der Waals surface area contributed by atoms with Crippen LogP contribution in [0.1, 0.15) is 29.8 Å². The van der Waals surface area contributed by atoms with E-state index >= 15 is 0 Å². The molecule has 0 spiro atoms. The fraction of sp³-hybridized carbons (Fsp3) is 0.462. The highest BCUT2D eigenvalue weighted by molar-refractivity contribution is 6.05. The van der Waals surface area contributed by atoms with Gasteiger partial charge in [0.05, 0.1) is 14.2 Å². The van der Waals surface area contributed by atoms with Crippen LogP contribution in [-0.2, 0) is 6.42 Å². The lowest BCUT2D eigenvalue weighted by atomic mass is 9.89. The van der Waals surface area contributed by atoms with Crippen LogP contribution in [0, 0.1) is 5.41 Å². The van der Waals surface area contributed by atoms with Crippen LogP contribution >= 0.6 is 0 Å². The van der Waals surface area contributed by atoms with Crippen molar-refractivity contribution in [2.24, 2.45) is 5.41 Å². The summed E-state index contributed by atoms with van der Waals surface area (Å²) in [5.41, 5.74) is 1.51. The van der Waals surface area contributed by atoms with E-state index in [4.69, 9.17) is 9.47 Å². The molecule has 16 heavy (non-hydrogen) atoms. The summed E-state index contributed by atoms with van der Waals surface area (Å²) in [5, 5.41) is 0. The monoisotopic (exact) mass is 220 g/mol. The fourth-order valence-corrected chi connectivity index (χ4v) is 2.20. The third-order valence-electron chi connectivity index (χ3n) is 3.10. The molecule has 0 N–H and O–H groups in total. The van der Waals surface area contributed by atoms with Gasteiger partial charge in [-0.25, -0.2) is 0 Å². The van der Waals surface area contributed by atoms with E-state index < -0.39 is 0 Å². The van der Waals surface area contributed by atoms with E-state index in [1.54, 1.807) is 20.3 Å². The van der Waals surface area contributed by atoms with Gasteiger partial charge in [0.25, 0.3) is 0 Å². The van der Waals surface area contributed by atoms with E-state index in [9.17, 15) is 4.79 Å². The van der Waals surface area contributed by atoms with Gasteiger partial charge < -0.3 is 9.47 Å². The van der Waals surface area contributed by atoms with E-state index in [2.05, 4.69) is 0 Å². The van der Waals surface area contributed by atoms with Gasteiger partial charge in [-0.15, -0.1) is 0 Å². The normalized spacial score (nSPS) is 17.1. The van der Waals surface area contributed by atoms with Crippen molar-refractivity contribution in [2.45, 2.75) is 20.3 Å². The van der Waals surface area contributed by atoms with E-state index in [1.165, 1.54) is 0 Å². The molecule has 0 radical (unpaired) electrons. The standard InChI is InChI=1S/C13H16O3/c1-13(2)7-8-5-10(15-3)11(16-4)6-9(8)12(13)14/h5-6H,7H2,1-4H3. The number of benzene rings is 1. The SMILES string of the molecule is COc1cc2c(cc1OC)C(=O)C(C)(C)C2. The average Bonchev–Trinajstić information content (AvgIpc) is 2.48. The Hall–Kier alpha value is -1.51. The largest absolute Gasteiger partial charge is 0.493 e. The molecule has 0 saturated heterocycles. The van der Waals surface area contributed by atoms with Gasteiger partial charge in [0.15, 0.2) is 17.3 Å². The maximum absolute atomic E-state index is 12.1. The molecule has 2 rings (SSSR count). The van der Waals surface area contributed by atoms with Gasteiger partial charge in [0.2, 0.25) is 0 Å². The number of ketones is 1. The molecule has 86 valence electrons. The smallest absolute Gasteiger partial charge is 0.169 e. The number of hydrogen-bond acceptors (Lipinski definition) is 3. The minimum absolute atomic E-state index is 0.184. The molecule has 3 nitrogen and oxygen atoms in total. The van der Waals surface area contributed by atoms with E-state index in [0.29, 0.717) is 11.5 Å². The molecule has 1 aromatic carbocycles. The van der Waals surface area contributed by atoms with Crippen molar-refractivity contribution in [1.82, 2.24) is 0 Å². The minimum Gasteiger partial charge on any atom is -0.493 e. The number of hydrogen-bond donors (Lipinski definition) is 0. The Morgan fingerprint density at radius 1 is 1.12 bits per heavy atom. The Labute approximate surface area is 95.4 Å². The molecule has 1 aliphatic carbocycles. The Balaban J connectivity index is 2.56. The number of ether oxygens (including phenoxy) is 2. The second-order valence-corrected chi connectivity index (χ2v) is 4.75. The highest BCUT2D eigenvalue weighted by atomic mass is 16.5. The van der Waals surface area contributed by atoms with Crippen LogP contribution < -0.4 is 9.47 Å². The van der Waals surface area contributed by atoms with Gasteiger partial charge in [-0.1, -0.05) is 13.8 Å². The van der Waals surface area contributed by atoms with Crippen LogP contribution in [0.2, 0.25) is 0 Å². The number of Topliss-reactive ketones (excluding diaryl/α,β-unsaturated/α-hetero) is 1. The molecule has 0 saturated carbocycles. The Morgan fingerprint density at radius 2 is 1.69 bits per heavy atom. The average molecular weight is 220 g/mol. The predicted molar refractivity (Wildman–Crippen MR) is 61.4 cm³/mol. The summed E-state index contributed by atoms with van der Waals surface area (Å²) in [6, 6.07) is 3.69. The van der Waals surface area contributed by atoms with E-state index in [1.807, 2.05) is 19.9 Å². The maximum atomic E-state index is 12.1. The predicted octanol–water partition coefficient (Wildman–Crippen LogP) is 2.47. The van der Waals surface area contributed by atoms with Crippen LogP contribution in [0.25, 0.3) is 0 Å². The molecule has 0 aromatic heterocycles. The van der Waals surface area contributed by atoms with Gasteiger partial charge in [0.1, 0.15) is 0 Å². The van der Waals surface area contributed by atoms with Crippen LogP contribution in [0.3, 0.4) is 0 Å². The zero-order chi connectivity index (χ0) is 11.9. The summed E-state index contributed by atoms with van der Waals surface area (Å²) < 4.78 is 10.4. The second-order valence-electron chi connectivity index (χ2n) is 4.75. The van der Waals surface area contributed by atoms with E-state index in [0.717, 1.165) is 17.5 Å². The molecule has 1 aliphatic rings. The number of carbonyl (C=O) groups is 1. The van der Waals surface area contributed by atoms with Crippen molar-refractivity contribution >= 4 is 5.78 Å². The van der Waals surface area contributed by atoms with Gasteiger partial charge >= 0.3 is 0 Å². The molecule has 0 heterocycles. The van der Waals surface area contributed by atoms with Crippen LogP contribution in [-0.4, -0.2) is 20.0 Å². The summed E-state index contributed by atoms with van der Waals surface area (Å²) in [4.78, 5) is 12.1. The van der Waals surface area contributed by atoms with E-state index in [-0.39, 0.29) is 11.2 Å². The van der Waals surface area contributed by atoms with Crippen molar-refractivity contribution in [3.8, 4) is 11.5 Å². The lowest BCUT2D eigenvalue weighted by Gasteiger charge is -2.12. The summed E-state index contributed by atoms with van der Waals surface area (Å²) in [7, 11) is 3.18. The highest BCUT2D eigenvalue weighted by Gasteiger charge is 2.38. The Kier molecular flexibility index (Phi) is 2.41. The third kappa shape index (κ3) is 1.47. The van der Waals surface area contributed by atoms with Crippen LogP contribution in [0.15, 0.2) is 12.1 Å². The molecule has 0 aliphatic heterocycles. The number of fused-ring (bicyclic) bond motifs is 1. The Bertz CT molecular complexity index is 447. The summed E-state index contributed by atoms with van der Waals surface area (Å²) >= 11 is 0. The van der Waals surface area contributed by atoms with Crippen molar-refractivity contribution in [3.05, 3.63) is 23.3 Å². The molecular weight excluding hydrogens is 204 g/mol. The first-order chi connectivity index (χ1) is 7.49. The maximum Gasteiger partial charge on any atom is 0.169 e. The van der Waals surface area contributed by atoms with Gasteiger partial charge in [-0.3, -0.25) is 4.79 Å². The first kappa shape index (κ1) is 11.0. The third-order valence-corrected chi connectivity index (χ3v) is 3.10. The van der Waals surface area contributed by atoms with Crippen molar-refractivity contribution < 1.29 is 14.3 Å². The number of methoxy groups -OCH3 is 2. The molecule has 0 atom stereocenters. The lowest BCUT2D eigenvalue weighted by molar-refractivity contribution is 0.0863. The number of carbonyl (C=O) groups excluding carboxylic acids is 1. The molecular formula is C13H16O3. The minimum atomic E-state index is -0.306. The first-order valence-corrected chi connectivity index (χ1v) is 5.29. The van der Waals surface area contributed by atoms with Gasteiger partial charge in [0, 0.05) is 11.0 Å². The second kappa shape index (κ2) is 3.51. The highest BCUT2D eigenvalue weighted by Crippen LogP contribution is 2.41. The van der Waals surface area contributed by atoms with Crippen LogP contribution in [0.5, 0.6) is 11.5 Å². The lowest BCUT2D eigenvalue weighted by Crippen LogP contribution is -2.18. The molecule has 0 amide bonds. The van der Waals surface area contributed by atoms with Crippen molar-refractivity contribution in [2.75, 3.05) is 14.2 Å². The zero-order valence-electron chi connectivity index (χ0n) is 10.1. The molecule has 3 heteroatoms. The number of rotatable bonds is 2. The summed E-state index contributed by atoms with van der Waals surface area (Å²) in [5.74, 6) is 1.49. The summed E-state index contributed by atoms with van der Waals surface area (Å²) in [6.45, 7) is 3.93. The summed E-state index contributed by atoms with van der Waals surface area (Å²) in [6.07, 6.45) is 0.765. The fourth-order valence-electron chi connectivity index (χ4n) is 2.20. The topological polar surface area (TPSA) is 35.5 Å². The molecule has 0 fully saturated rings. The van der Waals surface area contributed by atoms with Gasteiger partial charge in [-0.05, 0) is 24.1 Å².